The topological polar surface area (TPSA) is 9.86 Å². The molecule has 6 heteroatoms. The van der Waals surface area contributed by atoms with Gasteiger partial charge in [0.15, 0.2) is 5.90 Å². The van der Waals surface area contributed by atoms with Crippen molar-refractivity contribution in [3.8, 4) is 23.2 Å². The Balaban J connectivity index is 0.000000142. The van der Waals surface area contributed by atoms with Crippen molar-refractivity contribution in [1.29, 1.82) is 0 Å². The molecule has 2 heterocycles. The summed E-state index contributed by atoms with van der Waals surface area (Å²) in [6, 6.07) is 94.0. The largest absolute Gasteiger partial charge is 1.00 e. The molecule has 71 heavy (non-hydrogen) atoms. The van der Waals surface area contributed by atoms with E-state index in [1.54, 1.807) is 0 Å². The second-order valence-electron chi connectivity index (χ2n) is 16.7. The maximum Gasteiger partial charge on any atom is 1.00 e. The van der Waals surface area contributed by atoms with E-state index in [0.29, 0.717) is 0 Å². The Hall–Kier alpha value is -6.74. The third-order valence-electron chi connectivity index (χ3n) is 12.5. The molecule has 0 saturated heterocycles. The molecule has 0 amide bonds. The van der Waals surface area contributed by atoms with Crippen LogP contribution >= 0.6 is 15.8 Å². The summed E-state index contributed by atoms with van der Waals surface area (Å²) in [6.45, 7) is 0. The summed E-state index contributed by atoms with van der Waals surface area (Å²) >= 11 is 0. The summed E-state index contributed by atoms with van der Waals surface area (Å²) in [4.78, 5) is 0. The van der Waals surface area contributed by atoms with Gasteiger partial charge in [0.05, 0.1) is 22.1 Å². The Morgan fingerprint density at radius 3 is 0.873 bits per heavy atom. The first-order valence-electron chi connectivity index (χ1n) is 23.1. The van der Waals surface area contributed by atoms with E-state index in [-0.39, 0.29) is 44.8 Å². The van der Waals surface area contributed by atoms with Crippen molar-refractivity contribution in [2.75, 3.05) is 5.90 Å². The van der Waals surface area contributed by atoms with Crippen molar-refractivity contribution in [3.63, 3.8) is 0 Å². The minimum Gasteiger partial charge on any atom is -0.366 e. The van der Waals surface area contributed by atoms with Crippen molar-refractivity contribution in [1.82, 2.24) is 9.13 Å². The van der Waals surface area contributed by atoms with Gasteiger partial charge in [-0.25, -0.2) is 0 Å². The Kier molecular flexibility index (Phi) is 17.4. The first-order chi connectivity index (χ1) is 34.2. The van der Waals surface area contributed by atoms with Gasteiger partial charge < -0.3 is 22.0 Å². The Labute approximate surface area is 450 Å². The van der Waals surface area contributed by atoms with Gasteiger partial charge in [0.2, 0.25) is 0 Å². The molecule has 348 valence electrons. The van der Waals surface area contributed by atoms with Crippen LogP contribution in [-0.2, 0) is 44.8 Å². The van der Waals surface area contributed by atoms with Crippen molar-refractivity contribution in [3.05, 3.63) is 291 Å². The van der Waals surface area contributed by atoms with E-state index in [1.165, 1.54) is 48.9 Å². The second kappa shape index (κ2) is 24.4. The fourth-order valence-electron chi connectivity index (χ4n) is 9.29. The van der Waals surface area contributed by atoms with Crippen LogP contribution < -0.4 is 21.2 Å². The van der Waals surface area contributed by atoms with E-state index in [4.69, 9.17) is 12.8 Å². The Morgan fingerprint density at radius 1 is 0.296 bits per heavy atom. The average Bonchev–Trinajstić information content (AvgIpc) is 3.95. The fourth-order valence-corrected chi connectivity index (χ4v) is 17.0. The minimum absolute atomic E-state index is 0. The van der Waals surface area contributed by atoms with Crippen molar-refractivity contribution in [2.24, 2.45) is 0 Å². The van der Waals surface area contributed by atoms with Gasteiger partial charge in [0.1, 0.15) is 37.1 Å². The van der Waals surface area contributed by atoms with Crippen LogP contribution in [0, 0.1) is 24.7 Å². The molecule has 0 aliphatic rings. The van der Waals surface area contributed by atoms with Crippen molar-refractivity contribution in [2.45, 2.75) is 0 Å². The number of benzene rings is 10. The first kappa shape index (κ1) is 50.6. The number of hydrogen-bond acceptors (Lipinski definition) is 0. The zero-order valence-electron chi connectivity index (χ0n) is 38.6. The van der Waals surface area contributed by atoms with Gasteiger partial charge in [-0.2, -0.15) is 0 Å². The van der Waals surface area contributed by atoms with Crippen LogP contribution in [0.3, 0.4) is 0 Å². The number of rotatable bonds is 8. The molecule has 0 saturated carbocycles. The van der Waals surface area contributed by atoms with Crippen LogP contribution in [0.5, 0.6) is 0 Å². The molecule has 0 radical (unpaired) electrons. The molecule has 12 aromatic rings. The van der Waals surface area contributed by atoms with Crippen molar-refractivity contribution < 1.29 is 44.8 Å². The fraction of sp³-hybridized carbons (Fsp3) is 0.0154. The minimum atomic E-state index is -0.847. The maximum atomic E-state index is 7.34. The van der Waals surface area contributed by atoms with Crippen molar-refractivity contribution >= 4 is 80.7 Å². The number of nitrogens with zero attached hydrogens (tertiary/aromatic N) is 2. The molecular weight excluding hydrogens is 1260 g/mol. The number of aromatic nitrogens is 2. The second-order valence-corrected chi connectivity index (χ2v) is 22.3. The molecule has 0 aliphatic carbocycles. The molecule has 2 aromatic heterocycles. The molecule has 0 N–H and O–H groups in total. The van der Waals surface area contributed by atoms with Crippen LogP contribution in [0.2, 0.25) is 0 Å². The summed E-state index contributed by atoms with van der Waals surface area (Å²) in [5.74, 6) is 6.19. The predicted octanol–water partition coefficient (Wildman–Crippen LogP) is 14.1. The summed E-state index contributed by atoms with van der Waals surface area (Å²) in [6.07, 6.45) is 14.7. The summed E-state index contributed by atoms with van der Waals surface area (Å²) in [7, 11) is -1.69. The maximum absolute atomic E-state index is 7.34. The van der Waals surface area contributed by atoms with E-state index >= 15 is 0 Å². The van der Waals surface area contributed by atoms with Crippen LogP contribution in [0.25, 0.3) is 55.0 Å². The zero-order valence-corrected chi connectivity index (χ0v) is 44.9. The molecule has 0 atom stereocenters. The van der Waals surface area contributed by atoms with Gasteiger partial charge in [-0.3, -0.25) is 11.8 Å². The quantitative estimate of drug-likeness (QED) is 0.0621. The summed E-state index contributed by atoms with van der Waals surface area (Å²) < 4.78 is 4.52. The van der Waals surface area contributed by atoms with E-state index in [0.717, 1.165) is 44.3 Å². The standard InChI is InChI=1S/C25H22P2.2C20H12N.2Au/c1-5-13-22(14-6-1)26(23-15-7-2-8-16-23)21-27(24-17-9-3-10-18-24)25-19-11-4-12-20-25;2*1-2-15-12-13-20-18(14-15)17-10-6-7-11-19(17)21(20)16-8-4-3-5-9-16;;/h1-20H,21H2;2*3-14H;;/q;2*-1;2*+1/p+2. The van der Waals surface area contributed by atoms with Gasteiger partial charge in [0, 0.05) is 22.1 Å². The van der Waals surface area contributed by atoms with Crippen LogP contribution in [0.4, 0.5) is 0 Å². The zero-order chi connectivity index (χ0) is 46.8. The predicted molar refractivity (Wildman–Crippen MR) is 300 cm³/mol. The Morgan fingerprint density at radius 2 is 0.563 bits per heavy atom. The van der Waals surface area contributed by atoms with Gasteiger partial charge in [-0.1, -0.05) is 158 Å². The SMILES string of the molecule is [Au+].[Au+].[C-]#Cc1ccc2c(c1)c1ccccc1n2-c1ccccc1.[C-]#Cc1ccc2c(c1)c1ccccc1n2-c1ccccc1.c1ccc([PH+](C[PH+](c2ccccc2)c2ccccc2)c2ccccc2)cc1. The van der Waals surface area contributed by atoms with Crippen LogP contribution in [0.15, 0.2) is 267 Å². The van der Waals surface area contributed by atoms with Gasteiger partial charge in [-0.15, -0.1) is 35.4 Å². The van der Waals surface area contributed by atoms with E-state index < -0.39 is 15.8 Å². The molecular formula is C65H48Au2N2P2+2. The van der Waals surface area contributed by atoms with Gasteiger partial charge in [-0.05, 0) is 95.7 Å². The monoisotopic (exact) mass is 1310 g/mol. The smallest absolute Gasteiger partial charge is 0.366 e. The first-order valence-corrected chi connectivity index (χ1v) is 26.6. The van der Waals surface area contributed by atoms with E-state index in [1.807, 2.05) is 36.4 Å². The molecule has 2 nitrogen and oxygen atoms in total. The summed E-state index contributed by atoms with van der Waals surface area (Å²) in [5, 5.41) is 10.7. The third-order valence-corrected chi connectivity index (χ3v) is 19.5. The third kappa shape index (κ3) is 11.3. The molecule has 0 bridgehead atoms. The Bertz CT molecular complexity index is 3390. The molecule has 12 rings (SSSR count). The van der Waals surface area contributed by atoms with Crippen LogP contribution in [-0.4, -0.2) is 15.0 Å². The molecule has 10 aromatic carbocycles. The summed E-state index contributed by atoms with van der Waals surface area (Å²) in [5.41, 5.74) is 8.58. The average molecular weight is 1310 g/mol. The normalized spacial score (nSPS) is 10.6. The number of fused-ring (bicyclic) bond motifs is 6. The van der Waals surface area contributed by atoms with E-state index in [9.17, 15) is 0 Å². The van der Waals surface area contributed by atoms with Gasteiger partial charge in [0.25, 0.3) is 0 Å². The molecule has 0 aliphatic heterocycles. The van der Waals surface area contributed by atoms with Crippen LogP contribution in [0.1, 0.15) is 11.1 Å². The number of para-hydroxylation sites is 4. The molecule has 0 unspecified atom stereocenters. The molecule has 0 fully saturated rings. The van der Waals surface area contributed by atoms with Gasteiger partial charge >= 0.3 is 44.8 Å². The number of hydrogen-bond donors (Lipinski definition) is 0. The van der Waals surface area contributed by atoms with E-state index in [2.05, 4.69) is 251 Å². The molecule has 0 spiro atoms.